The summed E-state index contributed by atoms with van der Waals surface area (Å²) < 4.78 is 0. The molecule has 0 aliphatic rings. The van der Waals surface area contributed by atoms with E-state index in [1.807, 2.05) is 7.05 Å². The predicted molar refractivity (Wildman–Crippen MR) is 81.3 cm³/mol. The van der Waals surface area contributed by atoms with Crippen LogP contribution in [0.5, 0.6) is 0 Å². The quantitative estimate of drug-likeness (QED) is 0.701. The van der Waals surface area contributed by atoms with E-state index in [-0.39, 0.29) is 0 Å². The van der Waals surface area contributed by atoms with E-state index >= 15 is 0 Å². The van der Waals surface area contributed by atoms with Gasteiger partial charge in [0, 0.05) is 12.7 Å². The minimum atomic E-state index is 1.18. The summed E-state index contributed by atoms with van der Waals surface area (Å²) in [5.41, 5.74) is 2.76. The van der Waals surface area contributed by atoms with Crippen molar-refractivity contribution >= 4 is 16.5 Å². The first-order valence-electron chi connectivity index (χ1n) is 7.05. The van der Waals surface area contributed by atoms with Crippen LogP contribution in [-0.4, -0.2) is 7.05 Å². The largest absolute Gasteiger partial charge is 0.388 e. The maximum atomic E-state index is 3.33. The third kappa shape index (κ3) is 2.84. The number of benzene rings is 2. The maximum absolute atomic E-state index is 3.33. The third-order valence-electron chi connectivity index (χ3n) is 3.59. The molecule has 1 heteroatoms. The average molecular weight is 241 g/mol. The van der Waals surface area contributed by atoms with Gasteiger partial charge in [-0.2, -0.15) is 0 Å². The van der Waals surface area contributed by atoms with Gasteiger partial charge in [-0.1, -0.05) is 56.5 Å². The lowest BCUT2D eigenvalue weighted by atomic mass is 9.97. The molecule has 0 aliphatic heterocycles. The molecular weight excluding hydrogens is 218 g/mol. The molecule has 18 heavy (non-hydrogen) atoms. The van der Waals surface area contributed by atoms with Crippen molar-refractivity contribution in [3.05, 3.63) is 42.0 Å². The van der Waals surface area contributed by atoms with Gasteiger partial charge in [0.2, 0.25) is 0 Å². The minimum Gasteiger partial charge on any atom is -0.388 e. The molecule has 0 spiro atoms. The first kappa shape index (κ1) is 12.9. The fourth-order valence-corrected chi connectivity index (χ4v) is 2.57. The van der Waals surface area contributed by atoms with Gasteiger partial charge in [-0.25, -0.2) is 0 Å². The SMILES string of the molecule is CCCCCCc1c(NC)ccc2ccccc12. The Kier molecular flexibility index (Phi) is 4.63. The van der Waals surface area contributed by atoms with Gasteiger partial charge < -0.3 is 5.32 Å². The van der Waals surface area contributed by atoms with Crippen LogP contribution in [0.1, 0.15) is 38.2 Å². The van der Waals surface area contributed by atoms with Gasteiger partial charge in [-0.15, -0.1) is 0 Å². The van der Waals surface area contributed by atoms with Gasteiger partial charge in [0.05, 0.1) is 0 Å². The molecule has 1 nitrogen and oxygen atoms in total. The van der Waals surface area contributed by atoms with Crippen LogP contribution in [0.25, 0.3) is 10.8 Å². The lowest BCUT2D eigenvalue weighted by Gasteiger charge is -2.12. The molecule has 0 radical (unpaired) electrons. The van der Waals surface area contributed by atoms with E-state index in [4.69, 9.17) is 0 Å². The summed E-state index contributed by atoms with van der Waals surface area (Å²) in [4.78, 5) is 0. The average Bonchev–Trinajstić information content (AvgIpc) is 2.43. The molecule has 0 bridgehead atoms. The van der Waals surface area contributed by atoms with Crippen LogP contribution < -0.4 is 5.32 Å². The Labute approximate surface area is 110 Å². The third-order valence-corrected chi connectivity index (χ3v) is 3.59. The molecule has 0 amide bonds. The second kappa shape index (κ2) is 6.44. The van der Waals surface area contributed by atoms with Crippen LogP contribution in [0, 0.1) is 0 Å². The summed E-state index contributed by atoms with van der Waals surface area (Å²) in [7, 11) is 2.01. The van der Waals surface area contributed by atoms with Crippen molar-refractivity contribution in [3.63, 3.8) is 0 Å². The molecule has 0 fully saturated rings. The second-order valence-electron chi connectivity index (χ2n) is 4.87. The van der Waals surface area contributed by atoms with Crippen LogP contribution in [0.4, 0.5) is 5.69 Å². The van der Waals surface area contributed by atoms with Gasteiger partial charge >= 0.3 is 0 Å². The van der Waals surface area contributed by atoms with Crippen molar-refractivity contribution in [3.8, 4) is 0 Å². The van der Waals surface area contributed by atoms with Crippen molar-refractivity contribution < 1.29 is 0 Å². The number of hydrogen-bond acceptors (Lipinski definition) is 1. The zero-order chi connectivity index (χ0) is 12.8. The molecule has 0 saturated carbocycles. The Morgan fingerprint density at radius 2 is 1.78 bits per heavy atom. The predicted octanol–water partition coefficient (Wildman–Crippen LogP) is 5.00. The molecule has 2 aromatic rings. The number of unbranched alkanes of at least 4 members (excludes halogenated alkanes) is 3. The molecule has 1 N–H and O–H groups in total. The highest BCUT2D eigenvalue weighted by Gasteiger charge is 2.05. The van der Waals surface area contributed by atoms with Gasteiger partial charge in [-0.3, -0.25) is 0 Å². The normalized spacial score (nSPS) is 10.8. The topological polar surface area (TPSA) is 12.0 Å². The highest BCUT2D eigenvalue weighted by atomic mass is 14.8. The van der Waals surface area contributed by atoms with Crippen molar-refractivity contribution in [1.82, 2.24) is 0 Å². The fourth-order valence-electron chi connectivity index (χ4n) is 2.57. The van der Waals surface area contributed by atoms with Gasteiger partial charge in [0.15, 0.2) is 0 Å². The van der Waals surface area contributed by atoms with Crippen molar-refractivity contribution in [1.29, 1.82) is 0 Å². The van der Waals surface area contributed by atoms with E-state index in [9.17, 15) is 0 Å². The molecule has 0 unspecified atom stereocenters. The summed E-state index contributed by atoms with van der Waals surface area (Å²) in [6.45, 7) is 2.26. The van der Waals surface area contributed by atoms with E-state index in [0.717, 1.165) is 0 Å². The van der Waals surface area contributed by atoms with Crippen LogP contribution in [0.15, 0.2) is 36.4 Å². The fraction of sp³-hybridized carbons (Fsp3) is 0.412. The Morgan fingerprint density at radius 1 is 0.944 bits per heavy atom. The number of aryl methyl sites for hydroxylation is 1. The second-order valence-corrected chi connectivity index (χ2v) is 4.87. The lowest BCUT2D eigenvalue weighted by Crippen LogP contribution is -1.97. The molecular formula is C17H23N. The summed E-state index contributed by atoms with van der Waals surface area (Å²) in [5.74, 6) is 0. The van der Waals surface area contributed by atoms with Crippen molar-refractivity contribution in [2.75, 3.05) is 12.4 Å². The van der Waals surface area contributed by atoms with E-state index in [2.05, 4.69) is 48.6 Å². The Hall–Kier alpha value is -1.50. The lowest BCUT2D eigenvalue weighted by molar-refractivity contribution is 0.668. The molecule has 0 aliphatic carbocycles. The van der Waals surface area contributed by atoms with Gasteiger partial charge in [0.25, 0.3) is 0 Å². The zero-order valence-electron chi connectivity index (χ0n) is 11.5. The molecule has 0 atom stereocenters. The van der Waals surface area contributed by atoms with E-state index in [0.29, 0.717) is 0 Å². The van der Waals surface area contributed by atoms with Crippen LogP contribution in [-0.2, 0) is 6.42 Å². The van der Waals surface area contributed by atoms with E-state index in [1.165, 1.54) is 54.1 Å². The van der Waals surface area contributed by atoms with Crippen LogP contribution >= 0.6 is 0 Å². The van der Waals surface area contributed by atoms with E-state index < -0.39 is 0 Å². The minimum absolute atomic E-state index is 1.18. The maximum Gasteiger partial charge on any atom is 0.0376 e. The van der Waals surface area contributed by atoms with Gasteiger partial charge in [-0.05, 0) is 35.2 Å². The number of nitrogens with one attached hydrogen (secondary N) is 1. The van der Waals surface area contributed by atoms with E-state index in [1.54, 1.807) is 0 Å². The number of rotatable bonds is 6. The van der Waals surface area contributed by atoms with Gasteiger partial charge in [0.1, 0.15) is 0 Å². The Balaban J connectivity index is 2.27. The zero-order valence-corrected chi connectivity index (χ0v) is 11.5. The van der Waals surface area contributed by atoms with Crippen molar-refractivity contribution in [2.24, 2.45) is 0 Å². The smallest absolute Gasteiger partial charge is 0.0376 e. The molecule has 2 aromatic carbocycles. The molecule has 0 heterocycles. The van der Waals surface area contributed by atoms with Crippen LogP contribution in [0.2, 0.25) is 0 Å². The number of fused-ring (bicyclic) bond motifs is 1. The summed E-state index contributed by atoms with van der Waals surface area (Å²) in [6, 6.07) is 13.1. The number of hydrogen-bond donors (Lipinski definition) is 1. The molecule has 0 saturated heterocycles. The molecule has 96 valence electrons. The van der Waals surface area contributed by atoms with Crippen LogP contribution in [0.3, 0.4) is 0 Å². The summed E-state index contributed by atoms with van der Waals surface area (Å²) >= 11 is 0. The number of anilines is 1. The Morgan fingerprint density at radius 3 is 2.56 bits per heavy atom. The standard InChI is InChI=1S/C17H23N/c1-3-4-5-6-11-16-15-10-8-7-9-14(15)12-13-17(16)18-2/h7-10,12-13,18H,3-6,11H2,1-2H3. The molecule has 2 rings (SSSR count). The first-order chi connectivity index (χ1) is 8.86. The van der Waals surface area contributed by atoms with Crippen molar-refractivity contribution in [2.45, 2.75) is 39.0 Å². The highest BCUT2D eigenvalue weighted by Crippen LogP contribution is 2.27. The summed E-state index contributed by atoms with van der Waals surface area (Å²) in [5, 5.41) is 6.08. The molecule has 0 aromatic heterocycles. The monoisotopic (exact) mass is 241 g/mol. The summed E-state index contributed by atoms with van der Waals surface area (Å²) in [6.07, 6.45) is 6.45. The highest BCUT2D eigenvalue weighted by molar-refractivity contribution is 5.90. The Bertz CT molecular complexity index is 502. The first-order valence-corrected chi connectivity index (χ1v) is 7.05.